The summed E-state index contributed by atoms with van der Waals surface area (Å²) in [7, 11) is 1.43. The second kappa shape index (κ2) is 5.77. The van der Waals surface area contributed by atoms with E-state index < -0.39 is 29.4 Å². The molecule has 0 saturated carbocycles. The van der Waals surface area contributed by atoms with Crippen LogP contribution in [-0.2, 0) is 6.18 Å². The monoisotopic (exact) mass is 302 g/mol. The number of nitrogens with one attached hydrogen (secondary N) is 1. The molecule has 0 fully saturated rings. The topological polar surface area (TPSA) is 24.9 Å². The van der Waals surface area contributed by atoms with E-state index in [1.165, 1.54) is 13.1 Å². The molecule has 1 aromatic carbocycles. The molecule has 0 spiro atoms. The van der Waals surface area contributed by atoms with Crippen LogP contribution < -0.4 is 5.32 Å². The first kappa shape index (κ1) is 15.4. The van der Waals surface area contributed by atoms with Crippen molar-refractivity contribution < 1.29 is 22.0 Å². The van der Waals surface area contributed by atoms with Crippen molar-refractivity contribution in [2.75, 3.05) is 7.05 Å². The van der Waals surface area contributed by atoms with Crippen molar-refractivity contribution >= 4 is 0 Å². The smallest absolute Gasteiger partial charge is 0.309 e. The van der Waals surface area contributed by atoms with E-state index in [0.29, 0.717) is 0 Å². The summed E-state index contributed by atoms with van der Waals surface area (Å²) in [6.45, 7) is 0. The number of halogens is 5. The van der Waals surface area contributed by atoms with E-state index in [0.717, 1.165) is 30.6 Å². The van der Waals surface area contributed by atoms with E-state index in [9.17, 15) is 22.0 Å². The molecule has 2 aromatic rings. The highest BCUT2D eigenvalue weighted by molar-refractivity contribution is 5.37. The van der Waals surface area contributed by atoms with Gasteiger partial charge in [-0.25, -0.2) is 8.78 Å². The Labute approximate surface area is 117 Å². The quantitative estimate of drug-likeness (QED) is 0.875. The summed E-state index contributed by atoms with van der Waals surface area (Å²) in [5.74, 6) is -2.18. The zero-order chi connectivity index (χ0) is 15.6. The molecular weight excluding hydrogens is 291 g/mol. The lowest BCUT2D eigenvalue weighted by Gasteiger charge is -2.21. The number of nitrogens with zero attached hydrogens (tertiary/aromatic N) is 1. The fourth-order valence-corrected chi connectivity index (χ4v) is 2.09. The van der Waals surface area contributed by atoms with Crippen LogP contribution in [-0.4, -0.2) is 12.0 Å². The van der Waals surface area contributed by atoms with Crippen LogP contribution in [0.15, 0.2) is 36.7 Å². The molecule has 1 N–H and O–H groups in total. The second-order valence-electron chi connectivity index (χ2n) is 4.36. The Balaban J connectivity index is 2.54. The summed E-state index contributed by atoms with van der Waals surface area (Å²) in [4.78, 5) is 3.69. The van der Waals surface area contributed by atoms with Crippen molar-refractivity contribution in [2.24, 2.45) is 0 Å². The Morgan fingerprint density at radius 3 is 2.38 bits per heavy atom. The van der Waals surface area contributed by atoms with Gasteiger partial charge in [0, 0.05) is 18.0 Å². The predicted octanol–water partition coefficient (Wildman–Crippen LogP) is 3.69. The van der Waals surface area contributed by atoms with Gasteiger partial charge in [-0.3, -0.25) is 4.98 Å². The molecule has 0 saturated heterocycles. The molecule has 1 unspecified atom stereocenters. The average Bonchev–Trinajstić information content (AvgIpc) is 2.43. The fraction of sp³-hybridized carbons (Fsp3) is 0.214. The first-order valence-corrected chi connectivity index (χ1v) is 5.98. The van der Waals surface area contributed by atoms with Gasteiger partial charge in [0.05, 0.1) is 11.6 Å². The largest absolute Gasteiger partial charge is 0.416 e. The molecule has 1 heterocycles. The zero-order valence-electron chi connectivity index (χ0n) is 10.9. The Bertz CT molecular complexity index is 640. The number of aromatic nitrogens is 1. The fourth-order valence-electron chi connectivity index (χ4n) is 2.09. The summed E-state index contributed by atoms with van der Waals surface area (Å²) in [5.41, 5.74) is -0.852. The van der Waals surface area contributed by atoms with Crippen LogP contribution in [0.1, 0.15) is 22.7 Å². The van der Waals surface area contributed by atoms with Crippen molar-refractivity contribution in [3.8, 4) is 0 Å². The van der Waals surface area contributed by atoms with Crippen LogP contribution in [0.25, 0.3) is 0 Å². The predicted molar refractivity (Wildman–Crippen MR) is 66.5 cm³/mol. The molecule has 0 aliphatic heterocycles. The summed E-state index contributed by atoms with van der Waals surface area (Å²) in [6.07, 6.45) is -2.47. The van der Waals surface area contributed by atoms with Gasteiger partial charge < -0.3 is 5.32 Å². The molecule has 0 aliphatic carbocycles. The van der Waals surface area contributed by atoms with Crippen molar-refractivity contribution in [3.63, 3.8) is 0 Å². The summed E-state index contributed by atoms with van der Waals surface area (Å²) in [6, 6.07) is 2.86. The van der Waals surface area contributed by atoms with Gasteiger partial charge in [0.25, 0.3) is 0 Å². The molecule has 1 aromatic heterocycles. The van der Waals surface area contributed by atoms with Gasteiger partial charge in [-0.2, -0.15) is 13.2 Å². The molecule has 112 valence electrons. The van der Waals surface area contributed by atoms with Crippen LogP contribution in [0, 0.1) is 11.6 Å². The lowest BCUT2D eigenvalue weighted by Crippen LogP contribution is -2.22. The number of alkyl halides is 3. The number of rotatable bonds is 3. The van der Waals surface area contributed by atoms with Crippen molar-refractivity contribution in [3.05, 3.63) is 65.0 Å². The highest BCUT2D eigenvalue weighted by Gasteiger charge is 2.35. The number of pyridine rings is 1. The minimum atomic E-state index is -4.56. The van der Waals surface area contributed by atoms with Crippen molar-refractivity contribution in [1.29, 1.82) is 0 Å². The van der Waals surface area contributed by atoms with Crippen molar-refractivity contribution in [1.82, 2.24) is 10.3 Å². The summed E-state index contributed by atoms with van der Waals surface area (Å²) >= 11 is 0. The van der Waals surface area contributed by atoms with E-state index in [1.807, 2.05) is 0 Å². The number of benzene rings is 1. The van der Waals surface area contributed by atoms with E-state index in [2.05, 4.69) is 10.3 Å². The minimum absolute atomic E-state index is 0.154. The van der Waals surface area contributed by atoms with Crippen LogP contribution >= 0.6 is 0 Å². The normalized spacial score (nSPS) is 13.2. The van der Waals surface area contributed by atoms with Gasteiger partial charge in [-0.05, 0) is 30.8 Å². The van der Waals surface area contributed by atoms with Gasteiger partial charge in [-0.1, -0.05) is 6.07 Å². The number of hydrogen-bond donors (Lipinski definition) is 1. The van der Waals surface area contributed by atoms with Crippen LogP contribution in [0.2, 0.25) is 0 Å². The molecule has 21 heavy (non-hydrogen) atoms. The van der Waals surface area contributed by atoms with E-state index in [4.69, 9.17) is 0 Å². The third kappa shape index (κ3) is 3.18. The lowest BCUT2D eigenvalue weighted by atomic mass is 9.96. The molecule has 2 nitrogen and oxygen atoms in total. The standard InChI is InChI=1S/C14H11F5N2/c1-20-13(8-2-3-11(15)12(16)6-8)9-7-21-5-4-10(9)14(17,18)19/h2-7,13,20H,1H3. The van der Waals surface area contributed by atoms with Crippen LogP contribution in [0.5, 0.6) is 0 Å². The van der Waals surface area contributed by atoms with Gasteiger partial charge in [0.15, 0.2) is 11.6 Å². The van der Waals surface area contributed by atoms with E-state index >= 15 is 0 Å². The van der Waals surface area contributed by atoms with Crippen LogP contribution in [0.3, 0.4) is 0 Å². The highest BCUT2D eigenvalue weighted by Crippen LogP contribution is 2.36. The van der Waals surface area contributed by atoms with Gasteiger partial charge in [-0.15, -0.1) is 0 Å². The van der Waals surface area contributed by atoms with Gasteiger partial charge in [0.2, 0.25) is 0 Å². The Morgan fingerprint density at radius 2 is 1.81 bits per heavy atom. The molecule has 0 aliphatic rings. The van der Waals surface area contributed by atoms with Gasteiger partial charge >= 0.3 is 6.18 Å². The van der Waals surface area contributed by atoms with Crippen LogP contribution in [0.4, 0.5) is 22.0 Å². The molecular formula is C14H11F5N2. The lowest BCUT2D eigenvalue weighted by molar-refractivity contribution is -0.138. The first-order chi connectivity index (χ1) is 9.84. The molecule has 7 heteroatoms. The second-order valence-corrected chi connectivity index (χ2v) is 4.36. The molecule has 1 atom stereocenters. The average molecular weight is 302 g/mol. The zero-order valence-corrected chi connectivity index (χ0v) is 10.9. The minimum Gasteiger partial charge on any atom is -0.309 e. The third-order valence-electron chi connectivity index (χ3n) is 3.03. The van der Waals surface area contributed by atoms with E-state index in [-0.39, 0.29) is 11.1 Å². The summed E-state index contributed by atoms with van der Waals surface area (Å²) in [5, 5.41) is 2.66. The summed E-state index contributed by atoms with van der Waals surface area (Å²) < 4.78 is 65.3. The number of hydrogen-bond acceptors (Lipinski definition) is 2. The van der Waals surface area contributed by atoms with Gasteiger partial charge in [0.1, 0.15) is 0 Å². The Morgan fingerprint density at radius 1 is 1.10 bits per heavy atom. The molecule has 0 amide bonds. The Hall–Kier alpha value is -2.02. The molecule has 0 radical (unpaired) electrons. The third-order valence-corrected chi connectivity index (χ3v) is 3.03. The SMILES string of the molecule is CNC(c1ccc(F)c(F)c1)c1cnccc1C(F)(F)F. The maximum Gasteiger partial charge on any atom is 0.416 e. The first-order valence-electron chi connectivity index (χ1n) is 5.98. The van der Waals surface area contributed by atoms with E-state index in [1.54, 1.807) is 0 Å². The molecule has 2 rings (SSSR count). The Kier molecular flexibility index (Phi) is 4.22. The maximum atomic E-state index is 13.3. The highest BCUT2D eigenvalue weighted by atomic mass is 19.4. The maximum absolute atomic E-state index is 13.3. The molecule has 0 bridgehead atoms. The van der Waals surface area contributed by atoms with Crippen molar-refractivity contribution in [2.45, 2.75) is 12.2 Å².